The number of ether oxygens (including phenoxy) is 1. The van der Waals surface area contributed by atoms with Gasteiger partial charge in [-0.1, -0.05) is 0 Å². The van der Waals surface area contributed by atoms with E-state index in [-0.39, 0.29) is 19.2 Å². The van der Waals surface area contributed by atoms with Crippen LogP contribution in [0.2, 0.25) is 0 Å². The van der Waals surface area contributed by atoms with Crippen molar-refractivity contribution >= 4 is 27.7 Å². The highest BCUT2D eigenvalue weighted by Gasteiger charge is 2.46. The summed E-state index contributed by atoms with van der Waals surface area (Å²) < 4.78 is 30.8. The van der Waals surface area contributed by atoms with Crippen LogP contribution in [0, 0.1) is 0 Å². The first kappa shape index (κ1) is 20.0. The number of piperidine rings is 1. The van der Waals surface area contributed by atoms with Crippen LogP contribution in [-0.2, 0) is 14.8 Å². The van der Waals surface area contributed by atoms with Gasteiger partial charge >= 0.3 is 0 Å². The molecule has 1 amide bonds. The third kappa shape index (κ3) is 4.28. The van der Waals surface area contributed by atoms with E-state index in [9.17, 15) is 13.2 Å². The molecular weight excluding hydrogens is 364 g/mol. The van der Waals surface area contributed by atoms with Crippen LogP contribution in [-0.4, -0.2) is 54.0 Å². The second-order valence-corrected chi connectivity index (χ2v) is 9.71. The highest BCUT2D eigenvalue weighted by molar-refractivity contribution is 7.98. The number of benzene rings is 1. The van der Waals surface area contributed by atoms with Crippen LogP contribution >= 0.6 is 11.8 Å². The predicted molar refractivity (Wildman–Crippen MR) is 96.4 cm³/mol. The fraction of sp³-hybridized carbons (Fsp3) is 0.562. The minimum absolute atomic E-state index is 0.0682. The summed E-state index contributed by atoms with van der Waals surface area (Å²) in [5.74, 6) is -0.182. The molecule has 1 aromatic carbocycles. The smallest absolute Gasteiger partial charge is 0.265 e. The lowest BCUT2D eigenvalue weighted by Crippen LogP contribution is -2.55. The van der Waals surface area contributed by atoms with Crippen LogP contribution in [0.3, 0.4) is 0 Å². The summed E-state index contributed by atoms with van der Waals surface area (Å²) in [6.45, 7) is 3.11. The van der Waals surface area contributed by atoms with E-state index in [0.717, 1.165) is 10.6 Å². The molecule has 0 spiro atoms. The van der Waals surface area contributed by atoms with E-state index in [1.807, 2.05) is 30.5 Å². The van der Waals surface area contributed by atoms with Gasteiger partial charge in [-0.25, -0.2) is 18.2 Å². The summed E-state index contributed by atoms with van der Waals surface area (Å²) in [6, 6.07) is 7.78. The zero-order valence-corrected chi connectivity index (χ0v) is 16.2. The Hall–Kier alpha value is -1.29. The van der Waals surface area contributed by atoms with Crippen molar-refractivity contribution in [2.24, 2.45) is 0 Å². The van der Waals surface area contributed by atoms with E-state index >= 15 is 0 Å². The monoisotopic (exact) mass is 388 g/mol. The molecule has 9 heteroatoms. The molecule has 1 fully saturated rings. The number of nitrogens with zero attached hydrogens (tertiary/aromatic N) is 1. The van der Waals surface area contributed by atoms with E-state index in [4.69, 9.17) is 9.94 Å². The van der Waals surface area contributed by atoms with Crippen molar-refractivity contribution in [2.45, 2.75) is 42.4 Å². The van der Waals surface area contributed by atoms with Crippen molar-refractivity contribution in [3.05, 3.63) is 24.3 Å². The average molecular weight is 389 g/mol. The number of carbonyl (C=O) groups excluding carboxylic acids is 1. The highest BCUT2D eigenvalue weighted by Crippen LogP contribution is 2.27. The Labute approximate surface area is 152 Å². The molecule has 0 radical (unpaired) electrons. The molecule has 2 N–H and O–H groups in total. The lowest BCUT2D eigenvalue weighted by Gasteiger charge is -2.35. The molecular formula is C16H24N2O5S2. The summed E-state index contributed by atoms with van der Waals surface area (Å²) in [6.07, 6.45) is 3.02. The maximum absolute atomic E-state index is 12.7. The Morgan fingerprint density at radius 2 is 1.84 bits per heavy atom. The Morgan fingerprint density at radius 3 is 2.32 bits per heavy atom. The van der Waals surface area contributed by atoms with Gasteiger partial charge < -0.3 is 4.74 Å². The minimum atomic E-state index is -3.88. The van der Waals surface area contributed by atoms with Gasteiger partial charge in [-0.2, -0.15) is 0 Å². The predicted octanol–water partition coefficient (Wildman–Crippen LogP) is 1.87. The SMILES string of the molecule is CSc1ccc(OC2CCN(S(=O)(=O)C(C)(C)C(=O)NO)CC2)cc1. The third-order valence-corrected chi connectivity index (χ3v) is 7.66. The maximum Gasteiger partial charge on any atom is 0.265 e. The fourth-order valence-corrected chi connectivity index (χ4v) is 4.64. The summed E-state index contributed by atoms with van der Waals surface area (Å²) in [5.41, 5.74) is 1.43. The fourth-order valence-electron chi connectivity index (χ4n) is 2.61. The van der Waals surface area contributed by atoms with Gasteiger partial charge in [0.1, 0.15) is 11.9 Å². The zero-order valence-electron chi connectivity index (χ0n) is 14.6. The van der Waals surface area contributed by atoms with Gasteiger partial charge in [0.15, 0.2) is 4.75 Å². The molecule has 0 unspecified atom stereocenters. The van der Waals surface area contributed by atoms with Gasteiger partial charge in [-0.15, -0.1) is 11.8 Å². The van der Waals surface area contributed by atoms with Gasteiger partial charge in [0.2, 0.25) is 10.0 Å². The highest BCUT2D eigenvalue weighted by atomic mass is 32.2. The van der Waals surface area contributed by atoms with Gasteiger partial charge in [-0.3, -0.25) is 10.0 Å². The second-order valence-electron chi connectivity index (χ2n) is 6.35. The number of amides is 1. The molecule has 1 heterocycles. The summed E-state index contributed by atoms with van der Waals surface area (Å²) >= 11 is 1.65. The lowest BCUT2D eigenvalue weighted by molar-refractivity contribution is -0.131. The molecule has 1 aliphatic rings. The van der Waals surface area contributed by atoms with Crippen molar-refractivity contribution in [1.82, 2.24) is 9.79 Å². The van der Waals surface area contributed by atoms with Gasteiger partial charge in [-0.05, 0) is 57.2 Å². The van der Waals surface area contributed by atoms with E-state index in [2.05, 4.69) is 0 Å². The summed E-state index contributed by atoms with van der Waals surface area (Å²) in [7, 11) is -3.88. The van der Waals surface area contributed by atoms with Crippen molar-refractivity contribution in [2.75, 3.05) is 19.3 Å². The van der Waals surface area contributed by atoms with Crippen LogP contribution < -0.4 is 10.2 Å². The molecule has 0 aliphatic carbocycles. The summed E-state index contributed by atoms with van der Waals surface area (Å²) in [5, 5.41) is 8.77. The first-order chi connectivity index (χ1) is 11.7. The summed E-state index contributed by atoms with van der Waals surface area (Å²) in [4.78, 5) is 12.8. The van der Waals surface area contributed by atoms with Crippen LogP contribution in [0.25, 0.3) is 0 Å². The molecule has 25 heavy (non-hydrogen) atoms. The van der Waals surface area contributed by atoms with Gasteiger partial charge in [0, 0.05) is 18.0 Å². The second kappa shape index (κ2) is 7.94. The molecule has 140 valence electrons. The van der Waals surface area contributed by atoms with Crippen molar-refractivity contribution in [3.63, 3.8) is 0 Å². The number of rotatable bonds is 6. The van der Waals surface area contributed by atoms with Crippen molar-refractivity contribution < 1.29 is 23.2 Å². The Morgan fingerprint density at radius 1 is 1.28 bits per heavy atom. The molecule has 1 aliphatic heterocycles. The van der Waals surface area contributed by atoms with Crippen LogP contribution in [0.4, 0.5) is 0 Å². The molecule has 1 aromatic rings. The molecule has 0 aromatic heterocycles. The lowest BCUT2D eigenvalue weighted by atomic mass is 10.1. The Bertz CT molecular complexity index is 696. The van der Waals surface area contributed by atoms with E-state index < -0.39 is 20.7 Å². The molecule has 1 saturated heterocycles. The number of sulfonamides is 1. The maximum atomic E-state index is 12.7. The largest absolute Gasteiger partial charge is 0.490 e. The van der Waals surface area contributed by atoms with Crippen molar-refractivity contribution in [3.8, 4) is 5.75 Å². The van der Waals surface area contributed by atoms with E-state index in [1.165, 1.54) is 23.6 Å². The minimum Gasteiger partial charge on any atom is -0.490 e. The van der Waals surface area contributed by atoms with Crippen LogP contribution in [0.15, 0.2) is 29.2 Å². The Balaban J connectivity index is 1.97. The quantitative estimate of drug-likeness (QED) is 0.439. The molecule has 0 atom stereocenters. The van der Waals surface area contributed by atoms with Gasteiger partial charge in [0.25, 0.3) is 5.91 Å². The first-order valence-corrected chi connectivity index (χ1v) is 10.6. The number of hydrogen-bond donors (Lipinski definition) is 2. The zero-order chi connectivity index (χ0) is 18.7. The van der Waals surface area contributed by atoms with E-state index in [0.29, 0.717) is 12.8 Å². The molecule has 0 bridgehead atoms. The van der Waals surface area contributed by atoms with Crippen LogP contribution in [0.5, 0.6) is 5.75 Å². The topological polar surface area (TPSA) is 95.9 Å². The number of thioether (sulfide) groups is 1. The molecule has 7 nitrogen and oxygen atoms in total. The molecule has 0 saturated carbocycles. The number of carbonyl (C=O) groups is 1. The number of hydrogen-bond acceptors (Lipinski definition) is 6. The van der Waals surface area contributed by atoms with Crippen molar-refractivity contribution in [1.29, 1.82) is 0 Å². The Kier molecular flexibility index (Phi) is 6.36. The van der Waals surface area contributed by atoms with Crippen LogP contribution in [0.1, 0.15) is 26.7 Å². The van der Waals surface area contributed by atoms with E-state index in [1.54, 1.807) is 11.8 Å². The van der Waals surface area contributed by atoms with Gasteiger partial charge in [0.05, 0.1) is 0 Å². The average Bonchev–Trinajstić information content (AvgIpc) is 2.62. The third-order valence-electron chi connectivity index (χ3n) is 4.40. The normalized spacial score (nSPS) is 17.3. The first-order valence-electron chi connectivity index (χ1n) is 7.97. The number of nitrogens with one attached hydrogen (secondary N) is 1. The number of hydroxylamine groups is 1. The molecule has 2 rings (SSSR count). The standard InChI is InChI=1S/C16H24N2O5S2/c1-16(2,15(19)17-20)25(21,22)18-10-8-13(9-11-18)23-12-4-6-14(24-3)7-5-12/h4-7,13,20H,8-11H2,1-3H3,(H,17,19).